The standard InChI is InChI=1S/C67H110O6/c1-4-7-10-13-16-19-22-25-28-31-33-36-39-42-45-48-51-54-57-60-66(69)72-63-64(62-71-65(68)59-56-53-50-47-44-41-38-35-30-27-24-21-18-15-12-9-6-3)73-67(70)61-58-55-52-49-46-43-40-37-34-32-29-26-23-20-17-14-11-8-5-2/h8-9,11-12,17-18,20-21,26-27,29-30,34,37-38,41,43,46,52,55,64H,4-7,10,13-16,19,22-25,28,31-33,35-36,39-40,42,44-45,47-51,53-54,56-63H2,1-3H3/b11-8-,12-9-,20-17-,21-18-,29-26-,30-27-,37-34-,41-38-,46-43-,55-52-/t64-/m1/s1. The van der Waals surface area contributed by atoms with E-state index >= 15 is 0 Å². The minimum absolute atomic E-state index is 0.117. The molecule has 73 heavy (non-hydrogen) atoms. The molecule has 0 saturated carbocycles. The Bertz CT molecular complexity index is 1540. The van der Waals surface area contributed by atoms with Crippen molar-refractivity contribution in [3.8, 4) is 0 Å². The number of carbonyl (C=O) groups is 3. The Labute approximate surface area is 450 Å². The molecule has 0 aliphatic rings. The van der Waals surface area contributed by atoms with Crippen LogP contribution in [0.2, 0.25) is 0 Å². The van der Waals surface area contributed by atoms with Crippen molar-refractivity contribution >= 4 is 17.9 Å². The number of allylic oxidation sites excluding steroid dienone is 20. The maximum Gasteiger partial charge on any atom is 0.306 e. The molecular weight excluding hydrogens is 901 g/mol. The highest BCUT2D eigenvalue weighted by molar-refractivity contribution is 5.71. The third-order valence-electron chi connectivity index (χ3n) is 12.5. The van der Waals surface area contributed by atoms with Crippen molar-refractivity contribution in [2.75, 3.05) is 13.2 Å². The molecule has 0 aromatic rings. The van der Waals surface area contributed by atoms with Gasteiger partial charge in [-0.05, 0) is 96.3 Å². The SMILES string of the molecule is CC/C=C\C/C=C\C/C=C\C/C=C\C/C=C\C/C=C\CCC(=O)O[C@H](COC(=O)CCCCCC/C=C\C/C=C\C/C=C\C/C=C\CC)COC(=O)CCCCCCCCCCCCCCCCCCCCC. The van der Waals surface area contributed by atoms with Gasteiger partial charge in [-0.15, -0.1) is 0 Å². The second kappa shape index (κ2) is 60.4. The molecule has 0 unspecified atom stereocenters. The first kappa shape index (κ1) is 68.8. The van der Waals surface area contributed by atoms with Crippen LogP contribution in [0.25, 0.3) is 0 Å². The summed E-state index contributed by atoms with van der Waals surface area (Å²) in [4.78, 5) is 38.2. The third kappa shape index (κ3) is 58.6. The lowest BCUT2D eigenvalue weighted by atomic mass is 10.0. The van der Waals surface area contributed by atoms with Crippen LogP contribution in [-0.2, 0) is 28.6 Å². The van der Waals surface area contributed by atoms with Gasteiger partial charge in [0.25, 0.3) is 0 Å². The fourth-order valence-electron chi connectivity index (χ4n) is 8.05. The number of ether oxygens (including phenoxy) is 3. The van der Waals surface area contributed by atoms with Crippen LogP contribution in [0.4, 0.5) is 0 Å². The number of hydrogen-bond donors (Lipinski definition) is 0. The highest BCUT2D eigenvalue weighted by Gasteiger charge is 2.19. The first-order valence-corrected chi connectivity index (χ1v) is 30.0. The Morgan fingerprint density at radius 3 is 0.890 bits per heavy atom. The van der Waals surface area contributed by atoms with Crippen molar-refractivity contribution < 1.29 is 28.6 Å². The zero-order valence-corrected chi connectivity index (χ0v) is 47.4. The second-order valence-corrected chi connectivity index (χ2v) is 19.5. The molecule has 0 radical (unpaired) electrons. The summed E-state index contributed by atoms with van der Waals surface area (Å²) in [6.45, 7) is 6.34. The summed E-state index contributed by atoms with van der Waals surface area (Å²) < 4.78 is 16.8. The molecule has 6 heteroatoms. The predicted molar refractivity (Wildman–Crippen MR) is 316 cm³/mol. The Balaban J connectivity index is 4.53. The molecule has 6 nitrogen and oxygen atoms in total. The van der Waals surface area contributed by atoms with Gasteiger partial charge in [0.15, 0.2) is 6.10 Å². The molecule has 414 valence electrons. The highest BCUT2D eigenvalue weighted by Crippen LogP contribution is 2.16. The van der Waals surface area contributed by atoms with Crippen molar-refractivity contribution in [3.05, 3.63) is 122 Å². The minimum Gasteiger partial charge on any atom is -0.462 e. The molecule has 0 rings (SSSR count). The van der Waals surface area contributed by atoms with E-state index in [4.69, 9.17) is 14.2 Å². The summed E-state index contributed by atoms with van der Waals surface area (Å²) in [5, 5.41) is 0. The van der Waals surface area contributed by atoms with Crippen LogP contribution in [0.5, 0.6) is 0 Å². The van der Waals surface area contributed by atoms with Gasteiger partial charge in [-0.1, -0.05) is 271 Å². The van der Waals surface area contributed by atoms with Gasteiger partial charge in [0, 0.05) is 19.3 Å². The molecular formula is C67H110O6. The average Bonchev–Trinajstić information content (AvgIpc) is 3.39. The van der Waals surface area contributed by atoms with E-state index in [1.165, 1.54) is 103 Å². The lowest BCUT2D eigenvalue weighted by molar-refractivity contribution is -0.166. The zero-order chi connectivity index (χ0) is 52.9. The van der Waals surface area contributed by atoms with Crippen LogP contribution in [0.3, 0.4) is 0 Å². The normalized spacial score (nSPS) is 13.0. The van der Waals surface area contributed by atoms with Crippen molar-refractivity contribution in [1.82, 2.24) is 0 Å². The summed E-state index contributed by atoms with van der Waals surface area (Å²) in [6.07, 6.45) is 83.5. The van der Waals surface area contributed by atoms with E-state index in [9.17, 15) is 14.4 Å². The number of unbranched alkanes of at least 4 members (excludes halogenated alkanes) is 22. The van der Waals surface area contributed by atoms with E-state index in [-0.39, 0.29) is 31.6 Å². The van der Waals surface area contributed by atoms with Crippen LogP contribution in [0.1, 0.15) is 265 Å². The number of esters is 3. The average molecular weight is 1010 g/mol. The first-order chi connectivity index (χ1) is 36.0. The van der Waals surface area contributed by atoms with Crippen LogP contribution in [-0.4, -0.2) is 37.2 Å². The molecule has 0 aliphatic carbocycles. The molecule has 0 aromatic heterocycles. The molecule has 1 atom stereocenters. The van der Waals surface area contributed by atoms with E-state index in [2.05, 4.69) is 130 Å². The molecule has 0 saturated heterocycles. The van der Waals surface area contributed by atoms with Gasteiger partial charge < -0.3 is 14.2 Å². The minimum atomic E-state index is -0.832. The quantitative estimate of drug-likeness (QED) is 0.0261. The molecule has 0 N–H and O–H groups in total. The van der Waals surface area contributed by atoms with Gasteiger partial charge >= 0.3 is 17.9 Å². The second-order valence-electron chi connectivity index (χ2n) is 19.5. The summed E-state index contributed by atoms with van der Waals surface area (Å²) in [5.41, 5.74) is 0. The van der Waals surface area contributed by atoms with Gasteiger partial charge in [0.05, 0.1) is 0 Å². The maximum absolute atomic E-state index is 12.9. The van der Waals surface area contributed by atoms with E-state index in [1.807, 2.05) is 12.2 Å². The fraction of sp³-hybridized carbons (Fsp3) is 0.657. The predicted octanol–water partition coefficient (Wildman–Crippen LogP) is 20.4. The maximum atomic E-state index is 12.9. The Morgan fingerprint density at radius 1 is 0.288 bits per heavy atom. The van der Waals surface area contributed by atoms with E-state index in [0.717, 1.165) is 116 Å². The van der Waals surface area contributed by atoms with Crippen molar-refractivity contribution in [2.24, 2.45) is 0 Å². The highest BCUT2D eigenvalue weighted by atomic mass is 16.6. The number of carbonyl (C=O) groups excluding carboxylic acids is 3. The summed E-state index contributed by atoms with van der Waals surface area (Å²) in [6, 6.07) is 0. The Hall–Kier alpha value is -4.19. The topological polar surface area (TPSA) is 78.9 Å². The molecule has 0 fully saturated rings. The van der Waals surface area contributed by atoms with E-state index < -0.39 is 12.1 Å². The number of hydrogen-bond acceptors (Lipinski definition) is 6. The summed E-state index contributed by atoms with van der Waals surface area (Å²) in [5.74, 6) is -1.02. The monoisotopic (exact) mass is 1010 g/mol. The molecule has 0 aliphatic heterocycles. The van der Waals surface area contributed by atoms with Crippen molar-refractivity contribution in [1.29, 1.82) is 0 Å². The summed E-state index contributed by atoms with van der Waals surface area (Å²) in [7, 11) is 0. The van der Waals surface area contributed by atoms with Gasteiger partial charge in [-0.25, -0.2) is 0 Å². The number of rotatable bonds is 53. The molecule has 0 spiro atoms. The molecule has 0 amide bonds. The van der Waals surface area contributed by atoms with Crippen LogP contribution in [0.15, 0.2) is 122 Å². The van der Waals surface area contributed by atoms with Gasteiger partial charge in [0.1, 0.15) is 13.2 Å². The smallest absolute Gasteiger partial charge is 0.306 e. The van der Waals surface area contributed by atoms with E-state index in [1.54, 1.807) is 0 Å². The molecule has 0 bridgehead atoms. The first-order valence-electron chi connectivity index (χ1n) is 30.0. The van der Waals surface area contributed by atoms with E-state index in [0.29, 0.717) is 19.3 Å². The van der Waals surface area contributed by atoms with Crippen molar-refractivity contribution in [3.63, 3.8) is 0 Å². The Kier molecular flexibility index (Phi) is 56.9. The molecule has 0 aromatic carbocycles. The van der Waals surface area contributed by atoms with Crippen LogP contribution < -0.4 is 0 Å². The lowest BCUT2D eigenvalue weighted by Crippen LogP contribution is -2.30. The fourth-order valence-corrected chi connectivity index (χ4v) is 8.05. The lowest BCUT2D eigenvalue weighted by Gasteiger charge is -2.18. The van der Waals surface area contributed by atoms with Crippen LogP contribution in [0, 0.1) is 0 Å². The largest absolute Gasteiger partial charge is 0.462 e. The van der Waals surface area contributed by atoms with Crippen molar-refractivity contribution in [2.45, 2.75) is 271 Å². The van der Waals surface area contributed by atoms with Crippen LogP contribution >= 0.6 is 0 Å². The summed E-state index contributed by atoms with van der Waals surface area (Å²) >= 11 is 0. The van der Waals surface area contributed by atoms with Gasteiger partial charge in [0.2, 0.25) is 0 Å². The third-order valence-corrected chi connectivity index (χ3v) is 12.5. The molecule has 0 heterocycles. The van der Waals surface area contributed by atoms with Gasteiger partial charge in [-0.2, -0.15) is 0 Å². The zero-order valence-electron chi connectivity index (χ0n) is 47.4. The van der Waals surface area contributed by atoms with Gasteiger partial charge in [-0.3, -0.25) is 14.4 Å². The Morgan fingerprint density at radius 2 is 0.562 bits per heavy atom.